The SMILES string of the molecule is NC1CC=C(Cc2ccc(Br)s2)CC1. The van der Waals surface area contributed by atoms with Crippen LogP contribution in [-0.2, 0) is 6.42 Å². The number of halogens is 1. The third-order valence-electron chi connectivity index (χ3n) is 2.58. The summed E-state index contributed by atoms with van der Waals surface area (Å²) in [4.78, 5) is 1.44. The second kappa shape index (κ2) is 4.60. The van der Waals surface area contributed by atoms with Crippen molar-refractivity contribution in [1.82, 2.24) is 0 Å². The first-order valence-corrected chi connectivity index (χ1v) is 6.52. The van der Waals surface area contributed by atoms with Gasteiger partial charge in [0, 0.05) is 17.3 Å². The fourth-order valence-electron chi connectivity index (χ4n) is 1.74. The third-order valence-corrected chi connectivity index (χ3v) is 4.20. The van der Waals surface area contributed by atoms with Crippen LogP contribution in [0.3, 0.4) is 0 Å². The maximum atomic E-state index is 5.84. The van der Waals surface area contributed by atoms with Crippen LogP contribution in [0.25, 0.3) is 0 Å². The van der Waals surface area contributed by atoms with Crippen LogP contribution in [-0.4, -0.2) is 6.04 Å². The molecule has 76 valence electrons. The standard InChI is InChI=1S/C11H14BrNS/c12-11-6-5-10(14-11)7-8-1-3-9(13)4-2-8/h1,5-6,9H,2-4,7,13H2. The molecule has 0 bridgehead atoms. The van der Waals surface area contributed by atoms with E-state index in [1.165, 1.54) is 15.1 Å². The molecular weight excluding hydrogens is 258 g/mol. The van der Waals surface area contributed by atoms with Gasteiger partial charge in [-0.3, -0.25) is 0 Å². The lowest BCUT2D eigenvalue weighted by Gasteiger charge is -2.17. The number of thiophene rings is 1. The van der Waals surface area contributed by atoms with Crippen LogP contribution in [0.4, 0.5) is 0 Å². The van der Waals surface area contributed by atoms with Gasteiger partial charge < -0.3 is 5.73 Å². The molecule has 3 heteroatoms. The molecule has 0 fully saturated rings. The summed E-state index contributed by atoms with van der Waals surface area (Å²) in [6, 6.07) is 4.72. The van der Waals surface area contributed by atoms with E-state index in [-0.39, 0.29) is 0 Å². The molecule has 2 N–H and O–H groups in total. The quantitative estimate of drug-likeness (QED) is 0.819. The minimum Gasteiger partial charge on any atom is -0.327 e. The summed E-state index contributed by atoms with van der Waals surface area (Å²) >= 11 is 5.31. The minimum absolute atomic E-state index is 0.397. The molecule has 1 heterocycles. The smallest absolute Gasteiger partial charge is 0.0701 e. The normalized spacial score (nSPS) is 22.1. The van der Waals surface area contributed by atoms with Crippen LogP contribution in [0, 0.1) is 0 Å². The molecule has 1 unspecified atom stereocenters. The average Bonchev–Trinajstić information content (AvgIpc) is 2.56. The molecule has 0 saturated carbocycles. The molecule has 1 aromatic rings. The van der Waals surface area contributed by atoms with E-state index in [0.717, 1.165) is 19.3 Å². The Balaban J connectivity index is 1.98. The molecule has 0 aromatic carbocycles. The molecule has 2 rings (SSSR count). The average molecular weight is 272 g/mol. The summed E-state index contributed by atoms with van der Waals surface area (Å²) in [6.07, 6.45) is 6.82. The van der Waals surface area contributed by atoms with Crippen LogP contribution in [0.2, 0.25) is 0 Å². The molecule has 0 amide bonds. The van der Waals surface area contributed by atoms with E-state index >= 15 is 0 Å². The van der Waals surface area contributed by atoms with Gasteiger partial charge in [0.1, 0.15) is 0 Å². The van der Waals surface area contributed by atoms with Gasteiger partial charge in [-0.05, 0) is 47.3 Å². The van der Waals surface area contributed by atoms with Crippen LogP contribution in [0.5, 0.6) is 0 Å². The Morgan fingerprint density at radius 1 is 1.50 bits per heavy atom. The third kappa shape index (κ3) is 2.69. The van der Waals surface area contributed by atoms with E-state index in [9.17, 15) is 0 Å². The number of nitrogens with two attached hydrogens (primary N) is 1. The summed E-state index contributed by atoms with van der Waals surface area (Å²) in [7, 11) is 0. The van der Waals surface area contributed by atoms with Crippen molar-refractivity contribution < 1.29 is 0 Å². The van der Waals surface area contributed by atoms with Crippen LogP contribution < -0.4 is 5.73 Å². The van der Waals surface area contributed by atoms with E-state index in [1.807, 2.05) is 11.3 Å². The Labute approximate surface area is 97.1 Å². The molecule has 1 atom stereocenters. The summed E-state index contributed by atoms with van der Waals surface area (Å²) in [6.45, 7) is 0. The van der Waals surface area contributed by atoms with E-state index in [0.29, 0.717) is 6.04 Å². The fourth-order valence-corrected chi connectivity index (χ4v) is 3.28. The molecule has 0 saturated heterocycles. The second-order valence-corrected chi connectivity index (χ2v) is 6.33. The molecule has 0 aliphatic heterocycles. The van der Waals surface area contributed by atoms with Crippen molar-refractivity contribution in [3.8, 4) is 0 Å². The van der Waals surface area contributed by atoms with Gasteiger partial charge in [0.05, 0.1) is 3.79 Å². The summed E-state index contributed by atoms with van der Waals surface area (Å²) < 4.78 is 1.22. The Hall–Kier alpha value is -0.120. The second-order valence-electron chi connectivity index (χ2n) is 3.78. The van der Waals surface area contributed by atoms with Crippen molar-refractivity contribution in [2.45, 2.75) is 31.7 Å². The monoisotopic (exact) mass is 271 g/mol. The first-order chi connectivity index (χ1) is 6.74. The highest BCUT2D eigenvalue weighted by atomic mass is 79.9. The van der Waals surface area contributed by atoms with E-state index in [2.05, 4.69) is 34.1 Å². The maximum absolute atomic E-state index is 5.84. The van der Waals surface area contributed by atoms with Gasteiger partial charge in [-0.1, -0.05) is 11.6 Å². The van der Waals surface area contributed by atoms with E-state index in [4.69, 9.17) is 5.73 Å². The number of hydrogen-bond donors (Lipinski definition) is 1. The van der Waals surface area contributed by atoms with Gasteiger partial charge in [0.2, 0.25) is 0 Å². The Kier molecular flexibility index (Phi) is 3.42. The Morgan fingerprint density at radius 3 is 2.93 bits per heavy atom. The van der Waals surface area contributed by atoms with Crippen LogP contribution in [0.1, 0.15) is 24.1 Å². The zero-order valence-corrected chi connectivity index (χ0v) is 10.4. The number of hydrogen-bond acceptors (Lipinski definition) is 2. The summed E-state index contributed by atoms with van der Waals surface area (Å²) in [5.74, 6) is 0. The largest absolute Gasteiger partial charge is 0.327 e. The van der Waals surface area contributed by atoms with Crippen molar-refractivity contribution in [2.75, 3.05) is 0 Å². The van der Waals surface area contributed by atoms with Crippen molar-refractivity contribution in [2.24, 2.45) is 5.73 Å². The first kappa shape index (κ1) is 10.4. The van der Waals surface area contributed by atoms with E-state index < -0.39 is 0 Å². The Morgan fingerprint density at radius 2 is 2.36 bits per heavy atom. The highest BCUT2D eigenvalue weighted by Gasteiger charge is 2.11. The van der Waals surface area contributed by atoms with E-state index in [1.54, 1.807) is 5.57 Å². The van der Waals surface area contributed by atoms with Crippen molar-refractivity contribution >= 4 is 27.3 Å². The lowest BCUT2D eigenvalue weighted by atomic mass is 9.94. The number of allylic oxidation sites excluding steroid dienone is 1. The molecule has 1 aliphatic rings. The van der Waals surface area contributed by atoms with Gasteiger partial charge in [-0.2, -0.15) is 0 Å². The van der Waals surface area contributed by atoms with Gasteiger partial charge in [-0.25, -0.2) is 0 Å². The van der Waals surface area contributed by atoms with Crippen LogP contribution >= 0.6 is 27.3 Å². The predicted molar refractivity (Wildman–Crippen MR) is 65.6 cm³/mol. The van der Waals surface area contributed by atoms with Crippen molar-refractivity contribution in [1.29, 1.82) is 0 Å². The lowest BCUT2D eigenvalue weighted by molar-refractivity contribution is 0.584. The molecule has 0 radical (unpaired) electrons. The van der Waals surface area contributed by atoms with Gasteiger partial charge in [-0.15, -0.1) is 11.3 Å². The van der Waals surface area contributed by atoms with Crippen LogP contribution in [0.15, 0.2) is 27.6 Å². The topological polar surface area (TPSA) is 26.0 Å². The maximum Gasteiger partial charge on any atom is 0.0701 e. The molecule has 14 heavy (non-hydrogen) atoms. The summed E-state index contributed by atoms with van der Waals surface area (Å²) in [5.41, 5.74) is 7.40. The molecule has 1 aromatic heterocycles. The zero-order valence-electron chi connectivity index (χ0n) is 8.00. The van der Waals surface area contributed by atoms with Crippen molar-refractivity contribution in [3.05, 3.63) is 32.4 Å². The number of rotatable bonds is 2. The molecule has 1 aliphatic carbocycles. The van der Waals surface area contributed by atoms with Gasteiger partial charge >= 0.3 is 0 Å². The molecule has 0 spiro atoms. The summed E-state index contributed by atoms with van der Waals surface area (Å²) in [5, 5.41) is 0. The molecule has 1 nitrogen and oxygen atoms in total. The highest BCUT2D eigenvalue weighted by Crippen LogP contribution is 2.27. The lowest BCUT2D eigenvalue weighted by Crippen LogP contribution is -2.21. The predicted octanol–water partition coefficient (Wildman–Crippen LogP) is 3.49. The highest BCUT2D eigenvalue weighted by molar-refractivity contribution is 9.11. The zero-order chi connectivity index (χ0) is 9.97. The van der Waals surface area contributed by atoms with Gasteiger partial charge in [0.25, 0.3) is 0 Å². The van der Waals surface area contributed by atoms with Gasteiger partial charge in [0.15, 0.2) is 0 Å². The van der Waals surface area contributed by atoms with Crippen molar-refractivity contribution in [3.63, 3.8) is 0 Å². The molecular formula is C11H14BrNS. The first-order valence-electron chi connectivity index (χ1n) is 4.92. The fraction of sp³-hybridized carbons (Fsp3) is 0.455. The Bertz CT molecular complexity index is 343. The minimum atomic E-state index is 0.397.